The van der Waals surface area contributed by atoms with E-state index in [-0.39, 0.29) is 6.10 Å². The van der Waals surface area contributed by atoms with Crippen molar-refractivity contribution in [2.24, 2.45) is 17.3 Å². The van der Waals surface area contributed by atoms with Gasteiger partial charge >= 0.3 is 0 Å². The highest BCUT2D eigenvalue weighted by molar-refractivity contribution is 7.99. The van der Waals surface area contributed by atoms with Gasteiger partial charge in [-0.25, -0.2) is 0 Å². The summed E-state index contributed by atoms with van der Waals surface area (Å²) in [5, 5.41) is 10.3. The van der Waals surface area contributed by atoms with Crippen LogP contribution in [0.1, 0.15) is 46.5 Å². The van der Waals surface area contributed by atoms with E-state index >= 15 is 0 Å². The maximum Gasteiger partial charge on any atom is 0.0580 e. The monoisotopic (exact) mass is 285 g/mol. The molecule has 0 aromatic heterocycles. The number of aliphatic hydroxyl groups is 1. The standard InChI is InChI=1S/C16H31NOS/c1-16(2,3)13-5-6-15(18)12(9-13)10-17(4)14-7-8-19-11-14/h12-15,18H,5-11H2,1-4H3. The van der Waals surface area contributed by atoms with Crippen molar-refractivity contribution in [3.8, 4) is 0 Å². The van der Waals surface area contributed by atoms with E-state index in [1.165, 1.54) is 30.8 Å². The van der Waals surface area contributed by atoms with E-state index in [2.05, 4.69) is 44.5 Å². The molecule has 2 fully saturated rings. The molecule has 1 N–H and O–H groups in total. The van der Waals surface area contributed by atoms with Crippen LogP contribution in [0.3, 0.4) is 0 Å². The quantitative estimate of drug-likeness (QED) is 0.861. The smallest absolute Gasteiger partial charge is 0.0580 e. The number of rotatable bonds is 3. The predicted molar refractivity (Wildman–Crippen MR) is 84.7 cm³/mol. The highest BCUT2D eigenvalue weighted by Gasteiger charge is 2.36. The van der Waals surface area contributed by atoms with Gasteiger partial charge in [0, 0.05) is 18.3 Å². The third-order valence-electron chi connectivity index (χ3n) is 5.22. The van der Waals surface area contributed by atoms with Crippen molar-refractivity contribution in [3.63, 3.8) is 0 Å². The zero-order chi connectivity index (χ0) is 14.0. The average molecular weight is 285 g/mol. The molecule has 2 rings (SSSR count). The maximum atomic E-state index is 10.3. The van der Waals surface area contributed by atoms with Crippen LogP contribution in [0.2, 0.25) is 0 Å². The molecule has 0 aromatic rings. The Hall–Kier alpha value is 0.270. The molecule has 0 amide bonds. The van der Waals surface area contributed by atoms with E-state index in [1.54, 1.807) is 0 Å². The normalized spacial score (nSPS) is 36.9. The second-order valence-corrected chi connectivity index (χ2v) is 8.81. The molecule has 1 saturated carbocycles. The summed E-state index contributed by atoms with van der Waals surface area (Å²) in [4.78, 5) is 2.51. The number of nitrogens with zero attached hydrogens (tertiary/aromatic N) is 1. The molecule has 3 heteroatoms. The lowest BCUT2D eigenvalue weighted by atomic mass is 9.68. The molecule has 1 heterocycles. The zero-order valence-electron chi connectivity index (χ0n) is 13.1. The Morgan fingerprint density at radius 2 is 1.95 bits per heavy atom. The van der Waals surface area contributed by atoms with Crippen LogP contribution in [0.4, 0.5) is 0 Å². The van der Waals surface area contributed by atoms with Crippen molar-refractivity contribution in [2.75, 3.05) is 25.1 Å². The first kappa shape index (κ1) is 15.7. The summed E-state index contributed by atoms with van der Waals surface area (Å²) in [7, 11) is 2.25. The van der Waals surface area contributed by atoms with Gasteiger partial charge in [0.15, 0.2) is 0 Å². The second-order valence-electron chi connectivity index (χ2n) is 7.66. The Bertz CT molecular complexity index is 283. The minimum atomic E-state index is -0.0740. The summed E-state index contributed by atoms with van der Waals surface area (Å²) in [6.45, 7) is 8.14. The van der Waals surface area contributed by atoms with Crippen molar-refractivity contribution >= 4 is 11.8 Å². The molecule has 4 unspecified atom stereocenters. The van der Waals surface area contributed by atoms with Gasteiger partial charge in [-0.15, -0.1) is 0 Å². The molecule has 19 heavy (non-hydrogen) atoms. The van der Waals surface area contributed by atoms with Crippen molar-refractivity contribution in [1.82, 2.24) is 4.90 Å². The minimum Gasteiger partial charge on any atom is -0.393 e. The van der Waals surface area contributed by atoms with Gasteiger partial charge in [0.05, 0.1) is 6.10 Å². The Morgan fingerprint density at radius 1 is 1.21 bits per heavy atom. The highest BCUT2D eigenvalue weighted by Crippen LogP contribution is 2.40. The van der Waals surface area contributed by atoms with E-state index in [4.69, 9.17) is 0 Å². The molecular formula is C16H31NOS. The topological polar surface area (TPSA) is 23.5 Å². The summed E-state index contributed by atoms with van der Waals surface area (Å²) in [6.07, 6.45) is 4.65. The molecule has 0 aromatic carbocycles. The number of thioether (sulfide) groups is 1. The molecule has 2 nitrogen and oxygen atoms in total. The van der Waals surface area contributed by atoms with Gasteiger partial charge in [-0.2, -0.15) is 11.8 Å². The molecule has 4 atom stereocenters. The van der Waals surface area contributed by atoms with Gasteiger partial charge in [-0.1, -0.05) is 20.8 Å². The largest absolute Gasteiger partial charge is 0.393 e. The van der Waals surface area contributed by atoms with E-state index in [9.17, 15) is 5.11 Å². The van der Waals surface area contributed by atoms with Gasteiger partial charge in [-0.05, 0) is 55.7 Å². The Morgan fingerprint density at radius 3 is 2.53 bits per heavy atom. The van der Waals surface area contributed by atoms with Crippen LogP contribution in [-0.4, -0.2) is 47.3 Å². The Balaban J connectivity index is 1.89. The van der Waals surface area contributed by atoms with Crippen LogP contribution in [0, 0.1) is 17.3 Å². The fraction of sp³-hybridized carbons (Fsp3) is 1.00. The zero-order valence-corrected chi connectivity index (χ0v) is 13.9. The van der Waals surface area contributed by atoms with Gasteiger partial charge in [0.25, 0.3) is 0 Å². The van der Waals surface area contributed by atoms with Crippen molar-refractivity contribution < 1.29 is 5.11 Å². The van der Waals surface area contributed by atoms with Crippen LogP contribution >= 0.6 is 11.8 Å². The third kappa shape index (κ3) is 4.12. The molecular weight excluding hydrogens is 254 g/mol. The van der Waals surface area contributed by atoms with E-state index in [0.29, 0.717) is 11.3 Å². The Kier molecular flexibility index (Phi) is 5.24. The first-order valence-corrected chi connectivity index (χ1v) is 8.99. The predicted octanol–water partition coefficient (Wildman–Crippen LogP) is 3.25. The van der Waals surface area contributed by atoms with Crippen LogP contribution in [-0.2, 0) is 0 Å². The number of hydrogen-bond acceptors (Lipinski definition) is 3. The van der Waals surface area contributed by atoms with Crippen molar-refractivity contribution in [1.29, 1.82) is 0 Å². The van der Waals surface area contributed by atoms with Crippen LogP contribution in [0.15, 0.2) is 0 Å². The van der Waals surface area contributed by atoms with Gasteiger partial charge < -0.3 is 10.0 Å². The molecule has 0 bridgehead atoms. The minimum absolute atomic E-state index is 0.0740. The average Bonchev–Trinajstić information content (AvgIpc) is 2.84. The van der Waals surface area contributed by atoms with E-state index in [0.717, 1.165) is 24.9 Å². The first-order valence-electron chi connectivity index (χ1n) is 7.84. The number of aliphatic hydroxyl groups excluding tert-OH is 1. The van der Waals surface area contributed by atoms with Gasteiger partial charge in [0.1, 0.15) is 0 Å². The fourth-order valence-electron chi connectivity index (χ4n) is 3.62. The fourth-order valence-corrected chi connectivity index (χ4v) is 4.92. The van der Waals surface area contributed by atoms with Crippen molar-refractivity contribution in [2.45, 2.75) is 58.6 Å². The lowest BCUT2D eigenvalue weighted by Gasteiger charge is -2.42. The summed E-state index contributed by atoms with van der Waals surface area (Å²) >= 11 is 2.07. The maximum absolute atomic E-state index is 10.3. The second kappa shape index (κ2) is 6.36. The lowest BCUT2D eigenvalue weighted by Crippen LogP contribution is -2.43. The molecule has 1 aliphatic heterocycles. The molecule has 0 spiro atoms. The third-order valence-corrected chi connectivity index (χ3v) is 6.36. The van der Waals surface area contributed by atoms with Gasteiger partial charge in [-0.3, -0.25) is 0 Å². The lowest BCUT2D eigenvalue weighted by molar-refractivity contribution is 0.00262. The van der Waals surface area contributed by atoms with Crippen LogP contribution in [0.25, 0.3) is 0 Å². The van der Waals surface area contributed by atoms with Crippen LogP contribution < -0.4 is 0 Å². The van der Waals surface area contributed by atoms with E-state index < -0.39 is 0 Å². The molecule has 0 radical (unpaired) electrons. The summed E-state index contributed by atoms with van der Waals surface area (Å²) in [5.41, 5.74) is 0.389. The van der Waals surface area contributed by atoms with E-state index in [1.807, 2.05) is 0 Å². The SMILES string of the molecule is CN(CC1CC(C(C)(C)C)CCC1O)C1CCSC1. The first-order chi connectivity index (χ1) is 8.88. The molecule has 1 saturated heterocycles. The summed E-state index contributed by atoms with van der Waals surface area (Å²) < 4.78 is 0. The molecule has 1 aliphatic carbocycles. The summed E-state index contributed by atoms with van der Waals surface area (Å²) in [5.74, 6) is 3.84. The van der Waals surface area contributed by atoms with Gasteiger partial charge in [0.2, 0.25) is 0 Å². The molecule has 2 aliphatic rings. The Labute approximate surface area is 123 Å². The summed E-state index contributed by atoms with van der Waals surface area (Å²) in [6, 6.07) is 0.743. The van der Waals surface area contributed by atoms with Crippen LogP contribution in [0.5, 0.6) is 0 Å². The highest BCUT2D eigenvalue weighted by atomic mass is 32.2. The van der Waals surface area contributed by atoms with Crippen molar-refractivity contribution in [3.05, 3.63) is 0 Å². The molecule has 112 valence electrons. The number of hydrogen-bond donors (Lipinski definition) is 1.